The van der Waals surface area contributed by atoms with Gasteiger partial charge in [-0.3, -0.25) is 9.79 Å². The molecule has 132 valence electrons. The minimum absolute atomic E-state index is 0.0146. The summed E-state index contributed by atoms with van der Waals surface area (Å²) in [6, 6.07) is 2.06. The fraction of sp³-hybridized carbons (Fsp3) is 0.474. The third kappa shape index (κ3) is 2.57. The van der Waals surface area contributed by atoms with E-state index >= 15 is 0 Å². The highest BCUT2D eigenvalue weighted by Crippen LogP contribution is 2.50. The molecule has 25 heavy (non-hydrogen) atoms. The number of ketones is 1. The van der Waals surface area contributed by atoms with Gasteiger partial charge in [-0.1, -0.05) is 13.8 Å². The van der Waals surface area contributed by atoms with Crippen molar-refractivity contribution in [2.24, 2.45) is 10.4 Å². The zero-order chi connectivity index (χ0) is 17.9. The van der Waals surface area contributed by atoms with Crippen LogP contribution in [0.15, 0.2) is 28.4 Å². The maximum absolute atomic E-state index is 13.9. The molecule has 2 nitrogen and oxygen atoms in total. The lowest BCUT2D eigenvalue weighted by Gasteiger charge is -2.38. The zero-order valence-corrected chi connectivity index (χ0v) is 14.9. The molecule has 0 amide bonds. The molecule has 6 heteroatoms. The summed E-state index contributed by atoms with van der Waals surface area (Å²) in [6.07, 6.45) is 2.20. The van der Waals surface area contributed by atoms with Crippen LogP contribution in [0.4, 0.5) is 13.2 Å². The van der Waals surface area contributed by atoms with Gasteiger partial charge in [0.2, 0.25) is 0 Å². The first-order valence-corrected chi connectivity index (χ1v) is 9.46. The van der Waals surface area contributed by atoms with Crippen LogP contribution >= 0.6 is 11.8 Å². The quantitative estimate of drug-likeness (QED) is 0.670. The Morgan fingerprint density at radius 1 is 1.16 bits per heavy atom. The van der Waals surface area contributed by atoms with Gasteiger partial charge in [-0.15, -0.1) is 0 Å². The fourth-order valence-corrected chi connectivity index (χ4v) is 5.40. The number of nitrogens with zero attached hydrogens (tertiary/aromatic N) is 1. The van der Waals surface area contributed by atoms with E-state index in [-0.39, 0.29) is 11.0 Å². The number of thioether (sulfide) groups is 1. The van der Waals surface area contributed by atoms with Gasteiger partial charge in [0.15, 0.2) is 23.2 Å². The summed E-state index contributed by atoms with van der Waals surface area (Å²) < 4.78 is 41.1. The lowest BCUT2D eigenvalue weighted by atomic mass is 9.68. The van der Waals surface area contributed by atoms with Gasteiger partial charge >= 0.3 is 0 Å². The molecule has 1 fully saturated rings. The average molecular weight is 365 g/mol. The monoisotopic (exact) mass is 365 g/mol. The Morgan fingerprint density at radius 3 is 2.52 bits per heavy atom. The molecule has 4 rings (SSSR count). The summed E-state index contributed by atoms with van der Waals surface area (Å²) in [4.78, 5) is 17.8. The molecule has 2 atom stereocenters. The van der Waals surface area contributed by atoms with Crippen LogP contribution in [0.3, 0.4) is 0 Å². The molecule has 2 unspecified atom stereocenters. The largest absolute Gasteiger partial charge is 0.294 e. The van der Waals surface area contributed by atoms with E-state index in [2.05, 4.69) is 0 Å². The van der Waals surface area contributed by atoms with Crippen LogP contribution in [0.1, 0.15) is 44.6 Å². The van der Waals surface area contributed by atoms with Gasteiger partial charge < -0.3 is 0 Å². The van der Waals surface area contributed by atoms with Gasteiger partial charge in [0.25, 0.3) is 0 Å². The highest BCUT2D eigenvalue weighted by Gasteiger charge is 2.47. The first kappa shape index (κ1) is 16.9. The van der Waals surface area contributed by atoms with E-state index in [9.17, 15) is 18.0 Å². The number of rotatable bonds is 1. The summed E-state index contributed by atoms with van der Waals surface area (Å²) >= 11 is 1.65. The van der Waals surface area contributed by atoms with Crippen LogP contribution in [-0.4, -0.2) is 22.5 Å². The van der Waals surface area contributed by atoms with Gasteiger partial charge in [-0.2, -0.15) is 11.8 Å². The van der Waals surface area contributed by atoms with Crippen molar-refractivity contribution in [1.29, 1.82) is 0 Å². The van der Waals surface area contributed by atoms with Crippen LogP contribution in [0.5, 0.6) is 0 Å². The molecular weight excluding hydrogens is 347 g/mol. The van der Waals surface area contributed by atoms with Crippen molar-refractivity contribution in [2.75, 3.05) is 5.75 Å². The number of carbonyl (C=O) groups excluding carboxylic acids is 1. The van der Waals surface area contributed by atoms with Gasteiger partial charge in [-0.05, 0) is 42.7 Å². The topological polar surface area (TPSA) is 29.4 Å². The van der Waals surface area contributed by atoms with Crippen molar-refractivity contribution in [3.8, 4) is 0 Å². The predicted molar refractivity (Wildman–Crippen MR) is 92.4 cm³/mol. The first-order chi connectivity index (χ1) is 11.8. The lowest BCUT2D eigenvalue weighted by molar-refractivity contribution is -0.124. The Balaban J connectivity index is 1.91. The second-order valence-corrected chi connectivity index (χ2v) is 8.74. The number of hydrogen-bond acceptors (Lipinski definition) is 3. The molecule has 2 aliphatic heterocycles. The number of benzene rings is 1. The Hall–Kier alpha value is -1.56. The molecule has 2 heterocycles. The number of hydrogen-bond donors (Lipinski definition) is 0. The third-order valence-corrected chi connectivity index (χ3v) is 6.74. The molecule has 1 aliphatic carbocycles. The predicted octanol–water partition coefficient (Wildman–Crippen LogP) is 4.79. The highest BCUT2D eigenvalue weighted by atomic mass is 32.2. The van der Waals surface area contributed by atoms with Gasteiger partial charge in [-0.25, -0.2) is 13.2 Å². The molecule has 3 aliphatic rings. The van der Waals surface area contributed by atoms with E-state index in [1.54, 1.807) is 11.8 Å². The van der Waals surface area contributed by atoms with Gasteiger partial charge in [0.1, 0.15) is 0 Å². The van der Waals surface area contributed by atoms with Crippen molar-refractivity contribution in [3.63, 3.8) is 0 Å². The summed E-state index contributed by atoms with van der Waals surface area (Å²) in [6.45, 7) is 3.78. The maximum atomic E-state index is 13.9. The van der Waals surface area contributed by atoms with Crippen molar-refractivity contribution < 1.29 is 18.0 Å². The zero-order valence-electron chi connectivity index (χ0n) is 14.0. The van der Waals surface area contributed by atoms with Crippen LogP contribution in [0, 0.1) is 22.9 Å². The number of allylic oxidation sites excluding steroid dienone is 2. The molecule has 0 N–H and O–H groups in total. The summed E-state index contributed by atoms with van der Waals surface area (Å²) in [5.74, 6) is -3.52. The molecule has 1 aromatic rings. The standard InChI is InChI=1S/C19H18F3NOS/c1-19(2)5-3-12-15(18(19)24)14(17-13(23-12)4-6-25-17)9-7-10(20)16(22)11(21)8-9/h7-8,14,17H,3-6H2,1-2H3. The highest BCUT2D eigenvalue weighted by molar-refractivity contribution is 8.01. The smallest absolute Gasteiger partial charge is 0.194 e. The molecule has 0 aromatic heterocycles. The normalized spacial score (nSPS) is 27.9. The fourth-order valence-electron chi connectivity index (χ4n) is 3.97. The number of halogens is 3. The van der Waals surface area contributed by atoms with Gasteiger partial charge in [0.05, 0.1) is 5.25 Å². The summed E-state index contributed by atoms with van der Waals surface area (Å²) in [5, 5.41) is -0.110. The van der Waals surface area contributed by atoms with Crippen molar-refractivity contribution in [1.82, 2.24) is 0 Å². The van der Waals surface area contributed by atoms with E-state index in [1.807, 2.05) is 13.8 Å². The molecule has 0 saturated carbocycles. The van der Waals surface area contributed by atoms with E-state index in [0.29, 0.717) is 24.0 Å². The van der Waals surface area contributed by atoms with Crippen LogP contribution in [0.2, 0.25) is 0 Å². The lowest BCUT2D eigenvalue weighted by Crippen LogP contribution is -2.39. The molecule has 1 aromatic carbocycles. The second kappa shape index (κ2) is 5.73. The van der Waals surface area contributed by atoms with Crippen LogP contribution in [-0.2, 0) is 4.79 Å². The molecule has 1 saturated heterocycles. The SMILES string of the molecule is CC1(C)CCC2=C(C1=O)C(c1cc(F)c(F)c(F)c1)C1SCCC1=N2. The maximum Gasteiger partial charge on any atom is 0.194 e. The van der Waals surface area contributed by atoms with Crippen molar-refractivity contribution in [2.45, 2.75) is 44.3 Å². The van der Waals surface area contributed by atoms with Crippen LogP contribution < -0.4 is 0 Å². The molecule has 0 bridgehead atoms. The summed E-state index contributed by atoms with van der Waals surface area (Å²) in [7, 11) is 0. The minimum atomic E-state index is -1.47. The van der Waals surface area contributed by atoms with Crippen molar-refractivity contribution in [3.05, 3.63) is 46.4 Å². The van der Waals surface area contributed by atoms with E-state index in [1.165, 1.54) is 0 Å². The second-order valence-electron chi connectivity index (χ2n) is 7.49. The molecule has 0 spiro atoms. The van der Waals surface area contributed by atoms with Crippen LogP contribution in [0.25, 0.3) is 0 Å². The third-order valence-electron chi connectivity index (χ3n) is 5.40. The Kier molecular flexibility index (Phi) is 3.87. The van der Waals surface area contributed by atoms with Crippen molar-refractivity contribution >= 4 is 23.3 Å². The summed E-state index contributed by atoms with van der Waals surface area (Å²) in [5.41, 5.74) is 2.08. The van der Waals surface area contributed by atoms with E-state index < -0.39 is 28.8 Å². The van der Waals surface area contributed by atoms with Gasteiger partial charge in [0, 0.05) is 28.3 Å². The molecule has 0 radical (unpaired) electrons. The van der Waals surface area contributed by atoms with E-state index in [0.717, 1.165) is 35.7 Å². The Labute approximate surface area is 148 Å². The number of aliphatic imine (C=N–C) groups is 1. The minimum Gasteiger partial charge on any atom is -0.294 e. The number of Topliss-reactive ketones (excluding diaryl/α,β-unsaturated/α-hetero) is 1. The number of fused-ring (bicyclic) bond motifs is 1. The first-order valence-electron chi connectivity index (χ1n) is 8.41. The Bertz CT molecular complexity index is 820. The molecular formula is C19H18F3NOS. The number of carbonyl (C=O) groups is 1. The Morgan fingerprint density at radius 2 is 1.84 bits per heavy atom. The van der Waals surface area contributed by atoms with E-state index in [4.69, 9.17) is 4.99 Å². The average Bonchev–Trinajstić information content (AvgIpc) is 3.02.